The van der Waals surface area contributed by atoms with Crippen LogP contribution in [0.15, 0.2) is 42.6 Å². The van der Waals surface area contributed by atoms with E-state index in [0.29, 0.717) is 0 Å². The Balaban J connectivity index is 2.27. The van der Waals surface area contributed by atoms with Crippen molar-refractivity contribution >= 4 is 27.4 Å². The van der Waals surface area contributed by atoms with Crippen LogP contribution in [0.3, 0.4) is 0 Å². The van der Waals surface area contributed by atoms with Crippen LogP contribution in [0, 0.1) is 6.92 Å². The van der Waals surface area contributed by atoms with Gasteiger partial charge in [0.1, 0.15) is 5.82 Å². The molecule has 0 aliphatic carbocycles. The highest BCUT2D eigenvalue weighted by molar-refractivity contribution is 9.08. The third-order valence-electron chi connectivity index (χ3n) is 2.70. The molecule has 2 rings (SSSR count). The smallest absolute Gasteiger partial charge is 0.132 e. The van der Waals surface area contributed by atoms with Gasteiger partial charge in [-0.2, -0.15) is 0 Å². The van der Waals surface area contributed by atoms with E-state index in [9.17, 15) is 0 Å². The van der Waals surface area contributed by atoms with E-state index in [-0.39, 0.29) is 0 Å². The number of aromatic nitrogens is 1. The van der Waals surface area contributed by atoms with Gasteiger partial charge in [0, 0.05) is 24.3 Å². The lowest BCUT2D eigenvalue weighted by atomic mass is 10.2. The summed E-state index contributed by atoms with van der Waals surface area (Å²) in [5.41, 5.74) is 3.60. The van der Waals surface area contributed by atoms with Crippen LogP contribution in [-0.4, -0.2) is 12.0 Å². The van der Waals surface area contributed by atoms with Crippen LogP contribution in [0.25, 0.3) is 0 Å². The van der Waals surface area contributed by atoms with Crippen molar-refractivity contribution in [3.8, 4) is 0 Å². The molecule has 2 aromatic rings. The molecule has 1 aromatic heterocycles. The van der Waals surface area contributed by atoms with Gasteiger partial charge in [-0.3, -0.25) is 0 Å². The van der Waals surface area contributed by atoms with Crippen molar-refractivity contribution < 1.29 is 0 Å². The van der Waals surface area contributed by atoms with Gasteiger partial charge >= 0.3 is 0 Å². The number of nitrogens with zero attached hydrogens (tertiary/aromatic N) is 2. The molecule has 17 heavy (non-hydrogen) atoms. The lowest BCUT2D eigenvalue weighted by Crippen LogP contribution is -2.11. The number of halogens is 1. The lowest BCUT2D eigenvalue weighted by Gasteiger charge is -2.18. The van der Waals surface area contributed by atoms with Gasteiger partial charge in [-0.15, -0.1) is 0 Å². The zero-order chi connectivity index (χ0) is 12.3. The third-order valence-corrected chi connectivity index (χ3v) is 3.34. The molecule has 0 amide bonds. The van der Waals surface area contributed by atoms with Crippen molar-refractivity contribution in [2.24, 2.45) is 0 Å². The molecule has 0 radical (unpaired) electrons. The van der Waals surface area contributed by atoms with E-state index in [4.69, 9.17) is 0 Å². The Kier molecular flexibility index (Phi) is 3.79. The molecule has 2 nitrogen and oxygen atoms in total. The van der Waals surface area contributed by atoms with Crippen LogP contribution < -0.4 is 4.90 Å². The number of aryl methyl sites for hydroxylation is 1. The second kappa shape index (κ2) is 5.32. The minimum atomic E-state index is 0.842. The zero-order valence-corrected chi connectivity index (χ0v) is 11.6. The molecule has 88 valence electrons. The predicted molar refractivity (Wildman–Crippen MR) is 76.1 cm³/mol. The highest BCUT2D eigenvalue weighted by Crippen LogP contribution is 2.22. The Bertz CT molecular complexity index is 494. The molecular weight excluding hydrogens is 276 g/mol. The molecule has 0 aliphatic heterocycles. The highest BCUT2D eigenvalue weighted by atomic mass is 79.9. The summed E-state index contributed by atoms with van der Waals surface area (Å²) in [6.45, 7) is 2.10. The monoisotopic (exact) mass is 290 g/mol. The first-order valence-electron chi connectivity index (χ1n) is 5.52. The van der Waals surface area contributed by atoms with E-state index in [1.807, 2.05) is 19.3 Å². The van der Waals surface area contributed by atoms with Crippen molar-refractivity contribution in [3.63, 3.8) is 0 Å². The minimum absolute atomic E-state index is 0.842. The minimum Gasteiger partial charge on any atom is -0.329 e. The molecule has 0 bridgehead atoms. The number of pyridine rings is 1. The van der Waals surface area contributed by atoms with Gasteiger partial charge in [0.15, 0.2) is 0 Å². The maximum Gasteiger partial charge on any atom is 0.132 e. The summed E-state index contributed by atoms with van der Waals surface area (Å²) in [5, 5.41) is 0.842. The first-order valence-corrected chi connectivity index (χ1v) is 6.64. The van der Waals surface area contributed by atoms with Crippen LogP contribution in [0.5, 0.6) is 0 Å². The van der Waals surface area contributed by atoms with E-state index >= 15 is 0 Å². The average Bonchev–Trinajstić information content (AvgIpc) is 2.38. The van der Waals surface area contributed by atoms with Gasteiger partial charge in [0.05, 0.1) is 0 Å². The average molecular weight is 291 g/mol. The number of hydrogen-bond donors (Lipinski definition) is 0. The summed E-state index contributed by atoms with van der Waals surface area (Å²) in [6, 6.07) is 12.5. The maximum atomic E-state index is 4.45. The standard InChI is InChI=1S/C14H15BrN2/c1-11-4-3-5-13(8-11)17(2)14-7-6-12(9-15)10-16-14/h3-8,10H,9H2,1-2H3. The molecule has 3 heteroatoms. The molecule has 0 spiro atoms. The van der Waals surface area contributed by atoms with Gasteiger partial charge in [0.2, 0.25) is 0 Å². The van der Waals surface area contributed by atoms with Crippen molar-refractivity contribution in [2.45, 2.75) is 12.3 Å². The largest absolute Gasteiger partial charge is 0.329 e. The second-order valence-electron chi connectivity index (χ2n) is 4.06. The van der Waals surface area contributed by atoms with E-state index in [2.05, 4.69) is 63.1 Å². The Morgan fingerprint density at radius 3 is 2.65 bits per heavy atom. The fourth-order valence-corrected chi connectivity index (χ4v) is 1.99. The van der Waals surface area contributed by atoms with E-state index in [0.717, 1.165) is 16.8 Å². The molecule has 1 heterocycles. The van der Waals surface area contributed by atoms with Crippen LogP contribution >= 0.6 is 15.9 Å². The SMILES string of the molecule is Cc1cccc(N(C)c2ccc(CBr)cn2)c1. The maximum absolute atomic E-state index is 4.45. The molecular formula is C14H15BrN2. The molecule has 0 aliphatic rings. The summed E-state index contributed by atoms with van der Waals surface area (Å²) in [5.74, 6) is 0.959. The molecule has 0 atom stereocenters. The molecule has 0 unspecified atom stereocenters. The quantitative estimate of drug-likeness (QED) is 0.793. The summed E-state index contributed by atoms with van der Waals surface area (Å²) in [6.07, 6.45) is 1.90. The van der Waals surface area contributed by atoms with Crippen molar-refractivity contribution in [2.75, 3.05) is 11.9 Å². The summed E-state index contributed by atoms with van der Waals surface area (Å²) < 4.78 is 0. The van der Waals surface area contributed by atoms with E-state index in [1.165, 1.54) is 11.1 Å². The third kappa shape index (κ3) is 2.86. The predicted octanol–water partition coefficient (Wildman–Crippen LogP) is 4.05. The van der Waals surface area contributed by atoms with Crippen LogP contribution in [-0.2, 0) is 5.33 Å². The summed E-state index contributed by atoms with van der Waals surface area (Å²) >= 11 is 3.42. The van der Waals surface area contributed by atoms with Crippen LogP contribution in [0.2, 0.25) is 0 Å². The summed E-state index contributed by atoms with van der Waals surface area (Å²) in [4.78, 5) is 6.54. The van der Waals surface area contributed by atoms with Crippen LogP contribution in [0.1, 0.15) is 11.1 Å². The van der Waals surface area contributed by atoms with Crippen molar-refractivity contribution in [3.05, 3.63) is 53.7 Å². The Morgan fingerprint density at radius 1 is 1.24 bits per heavy atom. The van der Waals surface area contributed by atoms with Gasteiger partial charge in [-0.25, -0.2) is 4.98 Å². The number of hydrogen-bond acceptors (Lipinski definition) is 2. The van der Waals surface area contributed by atoms with Crippen molar-refractivity contribution in [1.82, 2.24) is 4.98 Å². The molecule has 0 fully saturated rings. The van der Waals surface area contributed by atoms with Crippen molar-refractivity contribution in [1.29, 1.82) is 0 Å². The van der Waals surface area contributed by atoms with Gasteiger partial charge in [0.25, 0.3) is 0 Å². The first kappa shape index (κ1) is 12.1. The Labute approximate surface area is 110 Å². The number of anilines is 2. The van der Waals surface area contributed by atoms with Gasteiger partial charge in [-0.05, 0) is 36.2 Å². The fourth-order valence-electron chi connectivity index (χ4n) is 1.66. The fraction of sp³-hybridized carbons (Fsp3) is 0.214. The van der Waals surface area contributed by atoms with E-state index < -0.39 is 0 Å². The number of alkyl halides is 1. The molecule has 0 saturated heterocycles. The lowest BCUT2D eigenvalue weighted by molar-refractivity contribution is 1.11. The topological polar surface area (TPSA) is 16.1 Å². The van der Waals surface area contributed by atoms with Gasteiger partial charge in [-0.1, -0.05) is 34.1 Å². The normalized spacial score (nSPS) is 10.3. The van der Waals surface area contributed by atoms with E-state index in [1.54, 1.807) is 0 Å². The Hall–Kier alpha value is -1.35. The Morgan fingerprint density at radius 2 is 2.06 bits per heavy atom. The summed E-state index contributed by atoms with van der Waals surface area (Å²) in [7, 11) is 2.03. The highest BCUT2D eigenvalue weighted by Gasteiger charge is 2.04. The zero-order valence-electron chi connectivity index (χ0n) is 10.0. The second-order valence-corrected chi connectivity index (χ2v) is 4.62. The van der Waals surface area contributed by atoms with Crippen LogP contribution in [0.4, 0.5) is 11.5 Å². The molecule has 1 aromatic carbocycles. The van der Waals surface area contributed by atoms with Gasteiger partial charge < -0.3 is 4.90 Å². The number of benzene rings is 1. The first-order chi connectivity index (χ1) is 8.20. The molecule has 0 N–H and O–H groups in total. The number of rotatable bonds is 3. The molecule has 0 saturated carbocycles.